The lowest BCUT2D eigenvalue weighted by atomic mass is 9.88. The van der Waals surface area contributed by atoms with E-state index in [0.717, 1.165) is 44.9 Å². The minimum atomic E-state index is -1.57. The fourth-order valence-corrected chi connectivity index (χ4v) is 12.0. The first-order chi connectivity index (χ1) is 51.2. The lowest BCUT2D eigenvalue weighted by Gasteiger charge is -2.39. The molecule has 34 heteroatoms. The Labute approximate surface area is 629 Å². The Bertz CT molecular complexity index is 2270. The maximum atomic E-state index is 14.0. The van der Waals surface area contributed by atoms with Crippen LogP contribution in [0.4, 0.5) is 0 Å². The third-order valence-corrected chi connectivity index (χ3v) is 18.8. The zero-order chi connectivity index (χ0) is 79.0. The highest BCUT2D eigenvalue weighted by Gasteiger charge is 2.46. The molecule has 3 aliphatic heterocycles. The summed E-state index contributed by atoms with van der Waals surface area (Å²) in [5.41, 5.74) is -1.51. The van der Waals surface area contributed by atoms with E-state index in [1.807, 2.05) is 20.8 Å². The van der Waals surface area contributed by atoms with Gasteiger partial charge in [0.15, 0.2) is 18.9 Å². The highest BCUT2D eigenvalue weighted by atomic mass is 16.7. The van der Waals surface area contributed by atoms with E-state index in [1.54, 1.807) is 0 Å². The summed E-state index contributed by atoms with van der Waals surface area (Å²) >= 11 is 0. The van der Waals surface area contributed by atoms with E-state index in [2.05, 4.69) is 31.9 Å². The van der Waals surface area contributed by atoms with Gasteiger partial charge in [0.2, 0.25) is 35.4 Å². The molecule has 0 aliphatic carbocycles. The molecule has 7 unspecified atom stereocenters. The summed E-state index contributed by atoms with van der Waals surface area (Å²) in [5, 5.41) is 136. The van der Waals surface area contributed by atoms with Crippen LogP contribution in [0, 0.1) is 5.41 Å². The van der Waals surface area contributed by atoms with E-state index in [-0.39, 0.29) is 170 Å². The van der Waals surface area contributed by atoms with Crippen molar-refractivity contribution in [3.8, 4) is 0 Å². The second-order valence-electron chi connectivity index (χ2n) is 29.2. The zero-order valence-electron chi connectivity index (χ0n) is 63.4. The van der Waals surface area contributed by atoms with Crippen molar-refractivity contribution in [3.05, 3.63) is 0 Å². The number of amides is 6. The van der Waals surface area contributed by atoms with E-state index < -0.39 is 117 Å². The van der Waals surface area contributed by atoms with Crippen LogP contribution >= 0.6 is 0 Å². The molecule has 3 rings (SSSR count). The molecule has 0 aromatic rings. The number of ether oxygens (including phenoxy) is 8. The Morgan fingerprint density at radius 2 is 0.617 bits per heavy atom. The number of aliphatic hydroxyl groups excluding tert-OH is 12. The van der Waals surface area contributed by atoms with Gasteiger partial charge in [0.1, 0.15) is 84.8 Å². The van der Waals surface area contributed by atoms with Gasteiger partial charge in [-0.25, -0.2) is 0 Å². The number of ketones is 2. The van der Waals surface area contributed by atoms with Gasteiger partial charge in [-0.3, -0.25) is 38.4 Å². The Morgan fingerprint density at radius 1 is 0.318 bits per heavy atom. The molecule has 3 saturated heterocycles. The molecule has 0 saturated carbocycles. The first-order valence-electron chi connectivity index (χ1n) is 38.8. The normalized spacial score (nSPS) is 25.1. The summed E-state index contributed by atoms with van der Waals surface area (Å²) in [5.74, 6) is -1.28. The molecule has 0 spiro atoms. The number of aliphatic hydroxyl groups is 12. The third kappa shape index (κ3) is 40.4. The Morgan fingerprint density at radius 3 is 0.981 bits per heavy atom. The molecule has 34 nitrogen and oxygen atoms in total. The fourth-order valence-electron chi connectivity index (χ4n) is 12.0. The Balaban J connectivity index is 1.53. The summed E-state index contributed by atoms with van der Waals surface area (Å²) in [4.78, 5) is 103. The number of unbranched alkanes of at least 4 members (excludes halogenated alkanes) is 12. The highest BCUT2D eigenvalue weighted by molar-refractivity contribution is 5.83. The van der Waals surface area contributed by atoms with Crippen LogP contribution in [0.3, 0.4) is 0 Å². The lowest BCUT2D eigenvalue weighted by molar-refractivity contribution is -0.301. The molecule has 622 valence electrons. The van der Waals surface area contributed by atoms with E-state index in [9.17, 15) is 99.6 Å². The van der Waals surface area contributed by atoms with E-state index in [4.69, 9.17) is 37.9 Å². The quantitative estimate of drug-likeness (QED) is 0.0318. The van der Waals surface area contributed by atoms with Gasteiger partial charge in [-0.15, -0.1) is 0 Å². The van der Waals surface area contributed by atoms with Crippen LogP contribution in [0.25, 0.3) is 0 Å². The lowest BCUT2D eigenvalue weighted by Crippen LogP contribution is -2.59. The van der Waals surface area contributed by atoms with Crippen LogP contribution in [-0.2, 0) is 76.3 Å². The van der Waals surface area contributed by atoms with E-state index in [0.29, 0.717) is 109 Å². The van der Waals surface area contributed by atoms with Gasteiger partial charge < -0.3 is 131 Å². The predicted octanol–water partition coefficient (Wildman–Crippen LogP) is -1.21. The van der Waals surface area contributed by atoms with Crippen molar-refractivity contribution in [3.63, 3.8) is 0 Å². The van der Waals surface area contributed by atoms with Gasteiger partial charge >= 0.3 is 0 Å². The summed E-state index contributed by atoms with van der Waals surface area (Å²) in [6, 6.07) is 0. The van der Waals surface area contributed by atoms with Gasteiger partial charge in [0, 0.05) is 116 Å². The molecule has 0 aromatic heterocycles. The van der Waals surface area contributed by atoms with Crippen LogP contribution in [0.1, 0.15) is 213 Å². The minimum absolute atomic E-state index is 0.0192. The van der Waals surface area contributed by atoms with E-state index >= 15 is 0 Å². The number of nitrogens with one attached hydrogen (secondary N) is 6. The molecule has 16 atom stereocenters. The number of hydrogen-bond donors (Lipinski definition) is 18. The average Bonchev–Trinajstić information content (AvgIpc) is 0.821. The summed E-state index contributed by atoms with van der Waals surface area (Å²) in [6.07, 6.45) is -6.24. The maximum Gasteiger partial charge on any atom is 0.222 e. The Kier molecular flexibility index (Phi) is 50.3. The van der Waals surface area contributed by atoms with Crippen LogP contribution < -0.4 is 31.9 Å². The molecular weight excluding hydrogens is 1410 g/mol. The molecule has 3 fully saturated rings. The smallest absolute Gasteiger partial charge is 0.222 e. The van der Waals surface area contributed by atoms with Gasteiger partial charge in [-0.1, -0.05) is 65.7 Å². The predicted molar refractivity (Wildman–Crippen MR) is 385 cm³/mol. The van der Waals surface area contributed by atoms with Gasteiger partial charge in [-0.2, -0.15) is 0 Å². The molecule has 0 aromatic carbocycles. The van der Waals surface area contributed by atoms with Crippen molar-refractivity contribution >= 4 is 47.0 Å². The molecule has 3 heterocycles. The molecule has 3 aliphatic rings. The van der Waals surface area contributed by atoms with Crippen molar-refractivity contribution in [1.82, 2.24) is 31.9 Å². The average molecular weight is 1540 g/mol. The van der Waals surface area contributed by atoms with Crippen molar-refractivity contribution in [1.29, 1.82) is 0 Å². The van der Waals surface area contributed by atoms with Crippen LogP contribution in [0.5, 0.6) is 0 Å². The molecule has 18 N–H and O–H groups in total. The van der Waals surface area contributed by atoms with Crippen LogP contribution in [-0.4, -0.2) is 305 Å². The second-order valence-corrected chi connectivity index (χ2v) is 29.2. The topological polar surface area (TPSA) is 525 Å². The second kappa shape index (κ2) is 55.7. The van der Waals surface area contributed by atoms with Crippen LogP contribution in [0.15, 0.2) is 0 Å². The fraction of sp³-hybridized carbons (Fsp3) is 0.890. The Hall–Kier alpha value is -4.64. The standard InChI is InChI=1S/C73H132N6O28/c1-72(2,3)53(84)26-10-8-6-4-5-7-9-11-30-59(90)79-73(33-17-12-27-54(85)75-35-22-36-76-55(86)28-15-20-40-103-70-67(98)64(95)61(92)51(45-81)106-70,47-100-42-31-57(88)74-34-18-13-24-49(83)25-14-19-39-102-69-66(97)63(94)60(91)50(44-80)105-69)48-101-43-32-58(89)78-38-23-37-77-56(87)29-16-21-41-104-71-68(99)65(96)62(93)52(46-82)107-71/h50-52,60-71,80-82,91-99H,4-48H2,1-3H3,(H,74,88)(H,75,85)(H,76,86)(H,77,87)(H,78,89)(H,79,90)/t50?,51?,52?,60-,61-,62-,63+,64+,65+,66?,67?,68?,69+,70+,71+,73?/m1/s1. The van der Waals surface area contributed by atoms with E-state index in [1.165, 1.54) is 0 Å². The first kappa shape index (κ1) is 96.6. The first-order valence-corrected chi connectivity index (χ1v) is 38.8. The molecule has 0 bridgehead atoms. The summed E-state index contributed by atoms with van der Waals surface area (Å²) in [6.45, 7) is 5.46. The highest BCUT2D eigenvalue weighted by Crippen LogP contribution is 2.27. The maximum absolute atomic E-state index is 14.0. The van der Waals surface area contributed by atoms with Crippen LogP contribution in [0.2, 0.25) is 0 Å². The van der Waals surface area contributed by atoms with Crippen molar-refractivity contribution in [2.45, 2.75) is 311 Å². The zero-order valence-corrected chi connectivity index (χ0v) is 63.4. The van der Waals surface area contributed by atoms with Crippen molar-refractivity contribution < 1.29 is 138 Å². The number of carbonyl (C=O) groups is 8. The van der Waals surface area contributed by atoms with Gasteiger partial charge in [0.25, 0.3) is 0 Å². The molecule has 107 heavy (non-hydrogen) atoms. The van der Waals surface area contributed by atoms with Gasteiger partial charge in [-0.05, 0) is 89.9 Å². The minimum Gasteiger partial charge on any atom is -0.394 e. The van der Waals surface area contributed by atoms with Crippen molar-refractivity contribution in [2.24, 2.45) is 5.41 Å². The SMILES string of the molecule is CC(C)(C)C(=O)CCCCCCCCCCC(=O)NC(CCCCC(=O)NCCCNC(=O)CCCCO[C@H]1OC(CO)[C@@H](O)[C@H](O)C1O)(COCCC(=O)NCCCCC(=O)CCCCO[C@H]1OC(CO)[C@@H](O)[C@H](O)C1O)COCCC(=O)NCCCNC(=O)CCCCO[C@H]1OC(CO)[C@@H](O)[C@H](O)C1O. The monoisotopic (exact) mass is 1540 g/mol. The number of carbonyl (C=O) groups excluding carboxylic acids is 8. The molecule has 0 radical (unpaired) electrons. The van der Waals surface area contributed by atoms with Gasteiger partial charge in [0.05, 0.1) is 51.8 Å². The summed E-state index contributed by atoms with van der Waals surface area (Å²) in [7, 11) is 0. The molecule has 6 amide bonds. The van der Waals surface area contributed by atoms with Crippen molar-refractivity contribution in [2.75, 3.05) is 98.8 Å². The number of hydrogen-bond acceptors (Lipinski definition) is 28. The largest absolute Gasteiger partial charge is 0.394 e. The number of Topliss-reactive ketones (excluding diaryl/α,β-unsaturated/α-hetero) is 2. The summed E-state index contributed by atoms with van der Waals surface area (Å²) < 4.78 is 44.8. The molecular formula is C73H132N6O28. The third-order valence-electron chi connectivity index (χ3n) is 18.8. The number of rotatable bonds is 61.